The molecule has 0 saturated heterocycles. The van der Waals surface area contributed by atoms with Crippen molar-refractivity contribution in [3.05, 3.63) is 108 Å². The number of hydrogen-bond donors (Lipinski definition) is 4. The van der Waals surface area contributed by atoms with E-state index >= 15 is 0 Å². The molecule has 0 aromatic heterocycles. The molecule has 0 saturated carbocycles. The molecule has 0 bridgehead atoms. The molecule has 1 aliphatic heterocycles. The summed E-state index contributed by atoms with van der Waals surface area (Å²) >= 11 is 0. The van der Waals surface area contributed by atoms with Crippen LogP contribution in [-0.4, -0.2) is 72.7 Å². The van der Waals surface area contributed by atoms with Crippen molar-refractivity contribution in [3.8, 4) is 0 Å². The topological polar surface area (TPSA) is 194 Å². The lowest BCUT2D eigenvalue weighted by Gasteiger charge is -2.26. The monoisotopic (exact) mass is 705 g/mol. The average molecular weight is 706 g/mol. The van der Waals surface area contributed by atoms with Gasteiger partial charge in [0.15, 0.2) is 6.04 Å². The molecule has 268 valence electrons. The van der Waals surface area contributed by atoms with E-state index in [4.69, 9.17) is 20.2 Å². The van der Waals surface area contributed by atoms with Crippen LogP contribution in [-0.2, 0) is 23.9 Å². The van der Waals surface area contributed by atoms with E-state index in [0.29, 0.717) is 28.2 Å². The van der Waals surface area contributed by atoms with Gasteiger partial charge in [0.2, 0.25) is 5.91 Å². The van der Waals surface area contributed by atoms with Gasteiger partial charge in [0.25, 0.3) is 5.91 Å². The van der Waals surface area contributed by atoms with E-state index in [0.717, 1.165) is 17.0 Å². The quantitative estimate of drug-likeness (QED) is 0.100. The molecule has 5 amide bonds. The lowest BCUT2D eigenvalue weighted by molar-refractivity contribution is -0.155. The van der Waals surface area contributed by atoms with Crippen LogP contribution in [0.15, 0.2) is 107 Å². The van der Waals surface area contributed by atoms with Gasteiger partial charge in [-0.15, -0.1) is 0 Å². The largest absolute Gasteiger partial charge is 0.460 e. The van der Waals surface area contributed by atoms with E-state index in [1.54, 1.807) is 51.1 Å². The summed E-state index contributed by atoms with van der Waals surface area (Å²) in [7, 11) is 0. The minimum absolute atomic E-state index is 0.332. The number of fused-ring (bicyclic) bond motifs is 2. The zero-order chi connectivity index (χ0) is 37.3. The second kappa shape index (κ2) is 16.4. The maximum absolute atomic E-state index is 14.3. The summed E-state index contributed by atoms with van der Waals surface area (Å²) in [5, 5.41) is 10.9. The maximum Gasteiger partial charge on any atom is 0.411 e. The van der Waals surface area contributed by atoms with Crippen LogP contribution in [0, 0.1) is 0 Å². The molecule has 0 aliphatic carbocycles. The summed E-state index contributed by atoms with van der Waals surface area (Å²) in [5.41, 5.74) is 8.99. The second-order valence-corrected chi connectivity index (χ2v) is 12.8. The molecule has 14 heteroatoms. The van der Waals surface area contributed by atoms with Gasteiger partial charge >= 0.3 is 18.1 Å². The number of anilines is 2. The Kier molecular flexibility index (Phi) is 11.6. The number of carbonyl (C=O) groups is 5. The molecule has 0 fully saturated rings. The third-order valence-electron chi connectivity index (χ3n) is 7.62. The lowest BCUT2D eigenvalue weighted by atomic mass is 10.0. The molecular formula is C38H39N7O7. The second-order valence-electron chi connectivity index (χ2n) is 12.8. The molecule has 1 heterocycles. The molecule has 4 aromatic rings. The number of esters is 1. The summed E-state index contributed by atoms with van der Waals surface area (Å²) in [6, 6.07) is 26.0. The Hall–Kier alpha value is -6.57. The van der Waals surface area contributed by atoms with Crippen LogP contribution in [0.5, 0.6) is 0 Å². The SMILES string of the molecule is CC(C)(C)OC(=O)C[C@@H](/C=N\NC(N)=O)NC(=O)CN1C(=O)[C@@H](COC(=O)Nc2cccc3ccccc23)N=C(c2ccccc2)c2ccccc21. The van der Waals surface area contributed by atoms with E-state index in [1.165, 1.54) is 4.90 Å². The van der Waals surface area contributed by atoms with Crippen LogP contribution >= 0.6 is 0 Å². The number of ether oxygens (including phenoxy) is 2. The Balaban J connectivity index is 1.41. The highest BCUT2D eigenvalue weighted by molar-refractivity contribution is 6.20. The Labute approximate surface area is 300 Å². The van der Waals surface area contributed by atoms with Crippen LogP contribution in [0.4, 0.5) is 21.0 Å². The molecule has 2 atom stereocenters. The van der Waals surface area contributed by atoms with Crippen molar-refractivity contribution in [2.75, 3.05) is 23.4 Å². The summed E-state index contributed by atoms with van der Waals surface area (Å²) in [5.74, 6) is -1.92. The molecule has 1 aliphatic rings. The van der Waals surface area contributed by atoms with Gasteiger partial charge in [-0.3, -0.25) is 24.7 Å². The van der Waals surface area contributed by atoms with E-state index < -0.39 is 60.7 Å². The first-order valence-electron chi connectivity index (χ1n) is 16.4. The van der Waals surface area contributed by atoms with Crippen molar-refractivity contribution in [2.45, 2.75) is 44.9 Å². The Morgan fingerprint density at radius 1 is 0.942 bits per heavy atom. The zero-order valence-corrected chi connectivity index (χ0v) is 28.9. The predicted octanol–water partition coefficient (Wildman–Crippen LogP) is 4.51. The normalized spacial score (nSPS) is 14.8. The van der Waals surface area contributed by atoms with Crippen molar-refractivity contribution >= 4 is 64.0 Å². The Morgan fingerprint density at radius 2 is 1.63 bits per heavy atom. The number of urea groups is 1. The van der Waals surface area contributed by atoms with Gasteiger partial charge < -0.3 is 25.4 Å². The molecule has 14 nitrogen and oxygen atoms in total. The average Bonchev–Trinajstić information content (AvgIpc) is 3.21. The summed E-state index contributed by atoms with van der Waals surface area (Å²) < 4.78 is 11.0. The van der Waals surface area contributed by atoms with E-state index in [9.17, 15) is 24.0 Å². The molecule has 0 unspecified atom stereocenters. The van der Waals surface area contributed by atoms with Gasteiger partial charge in [-0.2, -0.15) is 5.10 Å². The number of benzodiazepines with no additional fused rings is 1. The predicted molar refractivity (Wildman–Crippen MR) is 197 cm³/mol. The maximum atomic E-state index is 14.3. The molecule has 5 N–H and O–H groups in total. The number of benzene rings is 4. The third kappa shape index (κ3) is 9.78. The molecular weight excluding hydrogens is 666 g/mol. The van der Waals surface area contributed by atoms with Crippen LogP contribution in [0.1, 0.15) is 38.3 Å². The number of rotatable bonds is 11. The van der Waals surface area contributed by atoms with Crippen LogP contribution in [0.3, 0.4) is 0 Å². The summed E-state index contributed by atoms with van der Waals surface area (Å²) in [4.78, 5) is 70.9. The molecule has 0 radical (unpaired) electrons. The van der Waals surface area contributed by atoms with Gasteiger partial charge in [-0.1, -0.05) is 84.9 Å². The number of carbonyl (C=O) groups excluding carboxylic acids is 5. The Bertz CT molecular complexity index is 2020. The number of amides is 5. The number of aliphatic imine (C=N–C) groups is 1. The zero-order valence-electron chi connectivity index (χ0n) is 28.9. The van der Waals surface area contributed by atoms with Crippen LogP contribution in [0.2, 0.25) is 0 Å². The van der Waals surface area contributed by atoms with Gasteiger partial charge in [0.05, 0.1) is 29.5 Å². The van der Waals surface area contributed by atoms with Crippen molar-refractivity contribution < 1.29 is 33.4 Å². The first kappa shape index (κ1) is 36.7. The Morgan fingerprint density at radius 3 is 2.38 bits per heavy atom. The molecule has 0 spiro atoms. The van der Waals surface area contributed by atoms with Gasteiger partial charge in [0.1, 0.15) is 18.8 Å². The number of para-hydroxylation sites is 1. The molecule has 5 rings (SSSR count). The van der Waals surface area contributed by atoms with Crippen LogP contribution in [0.25, 0.3) is 10.8 Å². The van der Waals surface area contributed by atoms with Gasteiger partial charge in [-0.25, -0.2) is 15.0 Å². The highest BCUT2D eigenvalue weighted by atomic mass is 16.6. The highest BCUT2D eigenvalue weighted by Crippen LogP contribution is 2.29. The number of hydrazone groups is 1. The first-order chi connectivity index (χ1) is 24.9. The minimum atomic E-state index is -1.24. The fourth-order valence-corrected chi connectivity index (χ4v) is 5.51. The molecule has 52 heavy (non-hydrogen) atoms. The number of nitrogens with one attached hydrogen (secondary N) is 3. The van der Waals surface area contributed by atoms with E-state index in [1.807, 2.05) is 72.2 Å². The number of primary amides is 1. The van der Waals surface area contributed by atoms with Crippen molar-refractivity contribution in [2.24, 2.45) is 15.8 Å². The summed E-state index contributed by atoms with van der Waals surface area (Å²) in [6.07, 6.45) is 0.00803. The number of nitrogens with two attached hydrogens (primary N) is 1. The number of hydrogen-bond acceptors (Lipinski definition) is 9. The third-order valence-corrected chi connectivity index (χ3v) is 7.62. The minimum Gasteiger partial charge on any atom is -0.460 e. The number of nitrogens with zero attached hydrogens (tertiary/aromatic N) is 3. The standard InChI is InChI=1S/C38H39N7O7/c1-38(2,3)52-33(47)20-26(21-40-44-36(39)49)41-32(46)22-45-31-19-10-9-17-28(31)34(25-13-5-4-6-14-25)42-30(35(45)48)23-51-37(50)43-29-18-11-15-24-12-7-8-16-27(24)29/h4-19,21,26,30H,20,22-23H2,1-3H3,(H,41,46)(H,43,50)(H3,39,44,49)/b40-21-/t26-,30+/m0/s1. The van der Waals surface area contributed by atoms with Crippen molar-refractivity contribution in [1.82, 2.24) is 10.7 Å². The smallest absolute Gasteiger partial charge is 0.411 e. The molecule has 4 aromatic carbocycles. The van der Waals surface area contributed by atoms with Crippen LogP contribution < -0.4 is 26.7 Å². The van der Waals surface area contributed by atoms with Crippen molar-refractivity contribution in [3.63, 3.8) is 0 Å². The van der Waals surface area contributed by atoms with Crippen molar-refractivity contribution in [1.29, 1.82) is 0 Å². The first-order valence-corrected chi connectivity index (χ1v) is 16.4. The van der Waals surface area contributed by atoms with E-state index in [-0.39, 0.29) is 6.42 Å². The highest BCUT2D eigenvalue weighted by Gasteiger charge is 2.34. The fourth-order valence-electron chi connectivity index (χ4n) is 5.51. The van der Waals surface area contributed by atoms with E-state index in [2.05, 4.69) is 15.7 Å². The van der Waals surface area contributed by atoms with Gasteiger partial charge in [0, 0.05) is 22.7 Å². The lowest BCUT2D eigenvalue weighted by Crippen LogP contribution is -2.48. The summed E-state index contributed by atoms with van der Waals surface area (Å²) in [6.45, 7) is 4.15. The van der Waals surface area contributed by atoms with Gasteiger partial charge in [-0.05, 0) is 38.3 Å². The fraction of sp³-hybridized carbons (Fsp3) is 0.237.